The van der Waals surface area contributed by atoms with Crippen molar-refractivity contribution >= 4 is 15.9 Å². The lowest BCUT2D eigenvalue weighted by Gasteiger charge is -2.08. The average Bonchev–Trinajstić information content (AvgIpc) is 2.39. The van der Waals surface area contributed by atoms with Crippen LogP contribution >= 0.6 is 15.9 Å². The van der Waals surface area contributed by atoms with Gasteiger partial charge in [-0.15, -0.1) is 0 Å². The molecule has 100 valence electrons. The van der Waals surface area contributed by atoms with E-state index in [9.17, 15) is 0 Å². The van der Waals surface area contributed by atoms with E-state index in [-0.39, 0.29) is 0 Å². The molecule has 1 aromatic heterocycles. The minimum Gasteiger partial charge on any atom is -0.439 e. The number of halogens is 1. The third-order valence-corrected chi connectivity index (χ3v) is 2.87. The molecule has 0 N–H and O–H groups in total. The Morgan fingerprint density at radius 3 is 2.79 bits per heavy atom. The number of aryl methyl sites for hydroxylation is 1. The molecule has 2 rings (SSSR count). The third-order valence-electron chi connectivity index (χ3n) is 2.47. The van der Waals surface area contributed by atoms with Crippen LogP contribution in [0.2, 0.25) is 0 Å². The average molecular weight is 323 g/mol. The molecular formula is C14H15BrN2O2. The minimum atomic E-state index is 0.535. The molecule has 0 aliphatic heterocycles. The summed E-state index contributed by atoms with van der Waals surface area (Å²) in [5.41, 5.74) is 1.06. The number of nitrogens with zero attached hydrogens (tertiary/aromatic N) is 2. The van der Waals surface area contributed by atoms with E-state index in [4.69, 9.17) is 9.47 Å². The van der Waals surface area contributed by atoms with Gasteiger partial charge in [0, 0.05) is 19.6 Å². The van der Waals surface area contributed by atoms with Crippen LogP contribution in [0.5, 0.6) is 11.6 Å². The van der Waals surface area contributed by atoms with Crippen LogP contribution in [0.15, 0.2) is 34.9 Å². The third kappa shape index (κ3) is 4.01. The second-order valence-corrected chi connectivity index (χ2v) is 4.79. The van der Waals surface area contributed by atoms with Gasteiger partial charge in [0.25, 0.3) is 0 Å². The predicted molar refractivity (Wildman–Crippen MR) is 76.3 cm³/mol. The Balaban J connectivity index is 2.20. The summed E-state index contributed by atoms with van der Waals surface area (Å²) in [4.78, 5) is 8.57. The number of benzene rings is 1. The summed E-state index contributed by atoms with van der Waals surface area (Å²) in [6.45, 7) is 2.57. The van der Waals surface area contributed by atoms with Crippen molar-refractivity contribution in [3.63, 3.8) is 0 Å². The Hall–Kier alpha value is -1.46. The fourth-order valence-electron chi connectivity index (χ4n) is 1.64. The number of hydrogen-bond donors (Lipinski definition) is 0. The van der Waals surface area contributed by atoms with Crippen molar-refractivity contribution < 1.29 is 9.47 Å². The van der Waals surface area contributed by atoms with Gasteiger partial charge in [0.2, 0.25) is 5.88 Å². The first kappa shape index (κ1) is 14.0. The van der Waals surface area contributed by atoms with Crippen molar-refractivity contribution in [2.75, 3.05) is 7.11 Å². The lowest BCUT2D eigenvalue weighted by molar-refractivity contribution is 0.184. The molecule has 0 saturated carbocycles. The van der Waals surface area contributed by atoms with E-state index in [0.717, 1.165) is 28.2 Å². The van der Waals surface area contributed by atoms with Crippen LogP contribution in [0.3, 0.4) is 0 Å². The second kappa shape index (κ2) is 6.63. The summed E-state index contributed by atoms with van der Waals surface area (Å²) in [6, 6.07) is 9.50. The fraction of sp³-hybridized carbons (Fsp3) is 0.286. The van der Waals surface area contributed by atoms with Gasteiger partial charge in [-0.3, -0.25) is 0 Å². The number of ether oxygens (including phenoxy) is 2. The number of aromatic nitrogens is 2. The number of methoxy groups -OCH3 is 1. The molecule has 1 aromatic carbocycles. The van der Waals surface area contributed by atoms with Crippen LogP contribution in [0.25, 0.3) is 0 Å². The zero-order valence-electron chi connectivity index (χ0n) is 10.9. The monoisotopic (exact) mass is 322 g/mol. The summed E-state index contributed by atoms with van der Waals surface area (Å²) in [5.74, 6) is 2.02. The number of hydrogen-bond acceptors (Lipinski definition) is 4. The second-order valence-electron chi connectivity index (χ2n) is 3.98. The lowest BCUT2D eigenvalue weighted by Crippen LogP contribution is -1.97. The fourth-order valence-corrected chi connectivity index (χ4v) is 2.04. The van der Waals surface area contributed by atoms with Gasteiger partial charge in [-0.05, 0) is 33.6 Å². The molecule has 0 spiro atoms. The van der Waals surface area contributed by atoms with Crippen LogP contribution in [0.1, 0.15) is 18.3 Å². The molecule has 0 amide bonds. The maximum atomic E-state index is 5.75. The Kier molecular flexibility index (Phi) is 4.87. The minimum absolute atomic E-state index is 0.535. The first-order valence-electron chi connectivity index (χ1n) is 6.00. The van der Waals surface area contributed by atoms with Crippen molar-refractivity contribution in [1.82, 2.24) is 9.97 Å². The highest BCUT2D eigenvalue weighted by Gasteiger charge is 2.04. The van der Waals surface area contributed by atoms with Gasteiger partial charge in [0.05, 0.1) is 6.61 Å². The number of rotatable bonds is 5. The van der Waals surface area contributed by atoms with E-state index < -0.39 is 0 Å². The van der Waals surface area contributed by atoms with Gasteiger partial charge < -0.3 is 9.47 Å². The lowest BCUT2D eigenvalue weighted by atomic mass is 10.2. The van der Waals surface area contributed by atoms with Gasteiger partial charge in [0.1, 0.15) is 16.2 Å². The standard InChI is InChI=1S/C14H15BrN2O2/c1-3-13-16-12(15)8-14(17-13)19-11-6-4-5-10(7-11)9-18-2/h4-8H,3,9H2,1-2H3. The molecular weight excluding hydrogens is 308 g/mol. The summed E-state index contributed by atoms with van der Waals surface area (Å²) in [6.07, 6.45) is 0.763. The zero-order chi connectivity index (χ0) is 13.7. The van der Waals surface area contributed by atoms with Crippen LogP contribution in [-0.2, 0) is 17.8 Å². The van der Waals surface area contributed by atoms with E-state index in [2.05, 4.69) is 25.9 Å². The van der Waals surface area contributed by atoms with Gasteiger partial charge >= 0.3 is 0 Å². The SMILES string of the molecule is CCc1nc(Br)cc(Oc2cccc(COC)c2)n1. The Morgan fingerprint density at radius 2 is 2.05 bits per heavy atom. The summed E-state index contributed by atoms with van der Waals surface area (Å²) in [7, 11) is 1.67. The van der Waals surface area contributed by atoms with E-state index in [1.54, 1.807) is 13.2 Å². The smallest absolute Gasteiger partial charge is 0.223 e. The van der Waals surface area contributed by atoms with Crippen LogP contribution in [0, 0.1) is 0 Å². The topological polar surface area (TPSA) is 44.2 Å². The van der Waals surface area contributed by atoms with Gasteiger partial charge in [-0.1, -0.05) is 19.1 Å². The maximum Gasteiger partial charge on any atom is 0.223 e. The van der Waals surface area contributed by atoms with Gasteiger partial charge in [-0.2, -0.15) is 4.98 Å². The molecule has 5 heteroatoms. The molecule has 0 bridgehead atoms. The summed E-state index contributed by atoms with van der Waals surface area (Å²) < 4.78 is 11.6. The van der Waals surface area contributed by atoms with Crippen LogP contribution in [0.4, 0.5) is 0 Å². The molecule has 4 nitrogen and oxygen atoms in total. The first-order chi connectivity index (χ1) is 9.21. The molecule has 2 aromatic rings. The molecule has 0 atom stereocenters. The molecule has 19 heavy (non-hydrogen) atoms. The molecule has 1 heterocycles. The van der Waals surface area contributed by atoms with E-state index in [1.807, 2.05) is 31.2 Å². The molecule has 0 saturated heterocycles. The van der Waals surface area contributed by atoms with Crippen LogP contribution < -0.4 is 4.74 Å². The van der Waals surface area contributed by atoms with Crippen molar-refractivity contribution in [1.29, 1.82) is 0 Å². The van der Waals surface area contributed by atoms with E-state index in [0.29, 0.717) is 12.5 Å². The molecule has 0 aliphatic carbocycles. The first-order valence-corrected chi connectivity index (χ1v) is 6.79. The summed E-state index contributed by atoms with van der Waals surface area (Å²) >= 11 is 3.36. The zero-order valence-corrected chi connectivity index (χ0v) is 12.5. The normalized spacial score (nSPS) is 10.5. The van der Waals surface area contributed by atoms with Gasteiger partial charge in [-0.25, -0.2) is 4.98 Å². The molecule has 0 aliphatic rings. The Morgan fingerprint density at radius 1 is 1.21 bits per heavy atom. The molecule has 0 unspecified atom stereocenters. The van der Waals surface area contributed by atoms with E-state index >= 15 is 0 Å². The highest BCUT2D eigenvalue weighted by Crippen LogP contribution is 2.23. The maximum absolute atomic E-state index is 5.75. The van der Waals surface area contributed by atoms with Crippen molar-refractivity contribution in [3.8, 4) is 11.6 Å². The molecule has 0 radical (unpaired) electrons. The highest BCUT2D eigenvalue weighted by molar-refractivity contribution is 9.10. The Labute approximate surface area is 120 Å². The van der Waals surface area contributed by atoms with Crippen molar-refractivity contribution in [2.24, 2.45) is 0 Å². The van der Waals surface area contributed by atoms with Crippen molar-refractivity contribution in [2.45, 2.75) is 20.0 Å². The highest BCUT2D eigenvalue weighted by atomic mass is 79.9. The molecule has 0 fully saturated rings. The largest absolute Gasteiger partial charge is 0.439 e. The quantitative estimate of drug-likeness (QED) is 0.786. The van der Waals surface area contributed by atoms with Gasteiger partial charge in [0.15, 0.2) is 0 Å². The van der Waals surface area contributed by atoms with Crippen molar-refractivity contribution in [3.05, 3.63) is 46.3 Å². The summed E-state index contributed by atoms with van der Waals surface area (Å²) in [5, 5.41) is 0. The Bertz CT molecular complexity index is 561. The van der Waals surface area contributed by atoms with Crippen LogP contribution in [-0.4, -0.2) is 17.1 Å². The predicted octanol–water partition coefficient (Wildman–Crippen LogP) is 3.74. The van der Waals surface area contributed by atoms with E-state index in [1.165, 1.54) is 0 Å².